The summed E-state index contributed by atoms with van der Waals surface area (Å²) in [7, 11) is 0. The predicted octanol–water partition coefficient (Wildman–Crippen LogP) is 4.43. The maximum absolute atomic E-state index is 12.5. The minimum atomic E-state index is -0.479. The molecule has 1 N–H and O–H groups in total. The molecule has 156 valence electrons. The number of amides is 1. The molecule has 0 spiro atoms. The van der Waals surface area contributed by atoms with Crippen molar-refractivity contribution in [2.45, 2.75) is 70.9 Å². The number of hydrogen-bond donors (Lipinski definition) is 1. The van der Waals surface area contributed by atoms with Crippen molar-refractivity contribution in [3.05, 3.63) is 10.8 Å². The fourth-order valence-electron chi connectivity index (χ4n) is 3.75. The number of nitrogens with one attached hydrogen (secondary N) is 1. The second-order valence-corrected chi connectivity index (χ2v) is 9.49. The average Bonchev–Trinajstić information content (AvgIpc) is 2.90. The first kappa shape index (κ1) is 21.1. The van der Waals surface area contributed by atoms with Crippen LogP contribution in [0.3, 0.4) is 0 Å². The van der Waals surface area contributed by atoms with Crippen LogP contribution in [0.4, 0.5) is 16.4 Å². The van der Waals surface area contributed by atoms with Gasteiger partial charge in [0, 0.05) is 32.2 Å². The summed E-state index contributed by atoms with van der Waals surface area (Å²) in [6.45, 7) is 9.07. The largest absolute Gasteiger partial charge is 0.444 e. The van der Waals surface area contributed by atoms with E-state index < -0.39 is 5.60 Å². The molecule has 1 amide bonds. The highest BCUT2D eigenvalue weighted by molar-refractivity contribution is 9.10. The van der Waals surface area contributed by atoms with Crippen LogP contribution >= 0.6 is 15.9 Å². The van der Waals surface area contributed by atoms with Crippen molar-refractivity contribution in [2.24, 2.45) is 0 Å². The molecule has 7 nitrogen and oxygen atoms in total. The summed E-state index contributed by atoms with van der Waals surface area (Å²) in [5.74, 6) is 1.71. The van der Waals surface area contributed by atoms with Crippen LogP contribution in [0.25, 0.3) is 0 Å². The standard InChI is InChI=1S/C20H32BrN5O2/c1-20(2,3)28-19(27)26-12-8-9-15(14-26)23-17-18(22-13-16(21)24-17)25-10-6-4-5-7-11-25/h13,15H,4-12,14H2,1-3H3,(H,23,24). The molecular weight excluding hydrogens is 422 g/mol. The van der Waals surface area contributed by atoms with Crippen molar-refractivity contribution in [1.82, 2.24) is 14.9 Å². The first-order valence-electron chi connectivity index (χ1n) is 10.3. The molecule has 8 heteroatoms. The van der Waals surface area contributed by atoms with Crippen LogP contribution in [0.5, 0.6) is 0 Å². The van der Waals surface area contributed by atoms with Crippen LogP contribution in [0, 0.1) is 0 Å². The Hall–Kier alpha value is -1.57. The molecule has 1 aromatic heterocycles. The molecule has 28 heavy (non-hydrogen) atoms. The number of carbonyl (C=O) groups is 1. The summed E-state index contributed by atoms with van der Waals surface area (Å²) in [5, 5.41) is 3.56. The maximum Gasteiger partial charge on any atom is 0.410 e. The molecule has 2 aliphatic rings. The Kier molecular flexibility index (Phi) is 7.01. The lowest BCUT2D eigenvalue weighted by molar-refractivity contribution is 0.0206. The van der Waals surface area contributed by atoms with E-state index >= 15 is 0 Å². The van der Waals surface area contributed by atoms with E-state index in [-0.39, 0.29) is 12.1 Å². The van der Waals surface area contributed by atoms with Crippen LogP contribution < -0.4 is 10.2 Å². The summed E-state index contributed by atoms with van der Waals surface area (Å²) in [6, 6.07) is 0.135. The zero-order valence-corrected chi connectivity index (χ0v) is 18.8. The first-order chi connectivity index (χ1) is 13.3. The minimum absolute atomic E-state index is 0.135. The highest BCUT2D eigenvalue weighted by Crippen LogP contribution is 2.28. The Morgan fingerprint density at radius 1 is 1.18 bits per heavy atom. The second-order valence-electron chi connectivity index (χ2n) is 8.68. The second kappa shape index (κ2) is 9.29. The van der Waals surface area contributed by atoms with Gasteiger partial charge in [0.2, 0.25) is 0 Å². The van der Waals surface area contributed by atoms with Gasteiger partial charge in [-0.2, -0.15) is 0 Å². The van der Waals surface area contributed by atoms with Crippen LogP contribution in [-0.4, -0.2) is 58.8 Å². The molecule has 1 unspecified atom stereocenters. The topological polar surface area (TPSA) is 70.6 Å². The van der Waals surface area contributed by atoms with Gasteiger partial charge in [0.05, 0.1) is 6.20 Å². The first-order valence-corrected chi connectivity index (χ1v) is 11.1. The number of anilines is 2. The van der Waals surface area contributed by atoms with Gasteiger partial charge in [-0.3, -0.25) is 0 Å². The number of nitrogens with zero attached hydrogens (tertiary/aromatic N) is 4. The molecule has 2 fully saturated rings. The van der Waals surface area contributed by atoms with Crippen molar-refractivity contribution in [3.63, 3.8) is 0 Å². The zero-order chi connectivity index (χ0) is 20.1. The van der Waals surface area contributed by atoms with Gasteiger partial charge in [-0.1, -0.05) is 12.8 Å². The zero-order valence-electron chi connectivity index (χ0n) is 17.2. The number of piperidine rings is 1. The lowest BCUT2D eigenvalue weighted by atomic mass is 10.1. The lowest BCUT2D eigenvalue weighted by Gasteiger charge is -2.35. The van der Waals surface area contributed by atoms with Gasteiger partial charge < -0.3 is 19.9 Å². The molecule has 2 aliphatic heterocycles. The fraction of sp³-hybridized carbons (Fsp3) is 0.750. The summed E-state index contributed by atoms with van der Waals surface area (Å²) >= 11 is 3.45. The highest BCUT2D eigenvalue weighted by Gasteiger charge is 2.28. The monoisotopic (exact) mass is 453 g/mol. The molecule has 0 bridgehead atoms. The normalized spacial score (nSPS) is 21.2. The van der Waals surface area contributed by atoms with Crippen LogP contribution in [0.15, 0.2) is 10.8 Å². The van der Waals surface area contributed by atoms with E-state index in [4.69, 9.17) is 4.74 Å². The fourth-order valence-corrected chi connectivity index (χ4v) is 4.03. The lowest BCUT2D eigenvalue weighted by Crippen LogP contribution is -2.47. The minimum Gasteiger partial charge on any atom is -0.444 e. The number of aromatic nitrogens is 2. The molecule has 2 saturated heterocycles. The van der Waals surface area contributed by atoms with Crippen molar-refractivity contribution in [3.8, 4) is 0 Å². The molecule has 1 atom stereocenters. The Labute approximate surface area is 176 Å². The summed E-state index contributed by atoms with van der Waals surface area (Å²) in [4.78, 5) is 25.9. The number of likely N-dealkylation sites (tertiary alicyclic amines) is 1. The molecule has 0 aromatic carbocycles. The van der Waals surface area contributed by atoms with Crippen molar-refractivity contribution < 1.29 is 9.53 Å². The summed E-state index contributed by atoms with van der Waals surface area (Å²) in [5.41, 5.74) is -0.479. The van der Waals surface area contributed by atoms with Gasteiger partial charge in [0.1, 0.15) is 10.2 Å². The number of rotatable bonds is 3. The van der Waals surface area contributed by atoms with Crippen molar-refractivity contribution in [1.29, 1.82) is 0 Å². The number of halogens is 1. The third kappa shape index (κ3) is 5.96. The van der Waals surface area contributed by atoms with E-state index in [1.807, 2.05) is 20.8 Å². The van der Waals surface area contributed by atoms with Crippen molar-refractivity contribution >= 4 is 33.7 Å². The Bertz CT molecular complexity index is 671. The van der Waals surface area contributed by atoms with E-state index in [1.54, 1.807) is 11.1 Å². The Morgan fingerprint density at radius 2 is 1.89 bits per heavy atom. The molecular formula is C20H32BrN5O2. The number of ether oxygens (including phenoxy) is 1. The third-order valence-electron chi connectivity index (χ3n) is 5.04. The van der Waals surface area contributed by atoms with Gasteiger partial charge in [-0.05, 0) is 62.4 Å². The van der Waals surface area contributed by atoms with Gasteiger partial charge in [0.15, 0.2) is 11.6 Å². The van der Waals surface area contributed by atoms with Crippen molar-refractivity contribution in [2.75, 3.05) is 36.4 Å². The quantitative estimate of drug-likeness (QED) is 0.729. The molecule has 3 rings (SSSR count). The SMILES string of the molecule is CC(C)(C)OC(=O)N1CCCC(Nc2nc(Br)cnc2N2CCCCCC2)C1. The molecule has 0 radical (unpaired) electrons. The van der Waals surface area contributed by atoms with Crippen LogP contribution in [-0.2, 0) is 4.74 Å². The summed E-state index contributed by atoms with van der Waals surface area (Å²) < 4.78 is 6.26. The predicted molar refractivity (Wildman–Crippen MR) is 115 cm³/mol. The van der Waals surface area contributed by atoms with E-state index in [1.165, 1.54) is 25.7 Å². The van der Waals surface area contributed by atoms with Gasteiger partial charge in [-0.25, -0.2) is 14.8 Å². The van der Waals surface area contributed by atoms with Gasteiger partial charge >= 0.3 is 6.09 Å². The Balaban J connectivity index is 1.70. The van der Waals surface area contributed by atoms with Crippen LogP contribution in [0.1, 0.15) is 59.3 Å². The maximum atomic E-state index is 12.5. The van der Waals surface area contributed by atoms with E-state index in [2.05, 4.69) is 36.1 Å². The smallest absolute Gasteiger partial charge is 0.410 e. The number of hydrogen-bond acceptors (Lipinski definition) is 6. The third-order valence-corrected chi connectivity index (χ3v) is 5.43. The van der Waals surface area contributed by atoms with Gasteiger partial charge in [-0.15, -0.1) is 0 Å². The van der Waals surface area contributed by atoms with E-state index in [0.717, 1.165) is 44.1 Å². The molecule has 0 aliphatic carbocycles. The van der Waals surface area contributed by atoms with E-state index in [0.29, 0.717) is 11.1 Å². The van der Waals surface area contributed by atoms with Gasteiger partial charge in [0.25, 0.3) is 0 Å². The number of carbonyl (C=O) groups excluding carboxylic acids is 1. The molecule has 3 heterocycles. The van der Waals surface area contributed by atoms with Crippen LogP contribution in [0.2, 0.25) is 0 Å². The van der Waals surface area contributed by atoms with E-state index in [9.17, 15) is 4.79 Å². The Morgan fingerprint density at radius 3 is 2.57 bits per heavy atom. The molecule has 1 aromatic rings. The average molecular weight is 454 g/mol. The molecule has 0 saturated carbocycles. The highest BCUT2D eigenvalue weighted by atomic mass is 79.9. The summed E-state index contributed by atoms with van der Waals surface area (Å²) in [6.07, 6.45) is 8.38.